The van der Waals surface area contributed by atoms with Crippen LogP contribution < -0.4 is 9.47 Å². The highest BCUT2D eigenvalue weighted by molar-refractivity contribution is 6.77. The highest BCUT2D eigenvalue weighted by atomic mass is 28.4. The summed E-state index contributed by atoms with van der Waals surface area (Å²) in [5.74, 6) is 1.38. The molecule has 0 radical (unpaired) electrons. The van der Waals surface area contributed by atoms with Gasteiger partial charge in [-0.1, -0.05) is 71.9 Å². The summed E-state index contributed by atoms with van der Waals surface area (Å²) in [6, 6.07) is 13.7. The molecule has 0 saturated carbocycles. The Morgan fingerprint density at radius 2 is 1.54 bits per heavy atom. The van der Waals surface area contributed by atoms with Gasteiger partial charge in [0.25, 0.3) is 0 Å². The number of fused-ring (bicyclic) bond motifs is 1. The lowest BCUT2D eigenvalue weighted by atomic mass is 9.90. The lowest BCUT2D eigenvalue weighted by Crippen LogP contribution is -2.48. The van der Waals surface area contributed by atoms with Gasteiger partial charge in [0.15, 0.2) is 19.8 Å². The maximum Gasteiger partial charge on any atom is 0.410 e. The van der Waals surface area contributed by atoms with Gasteiger partial charge in [0.1, 0.15) is 6.61 Å². The van der Waals surface area contributed by atoms with Gasteiger partial charge in [-0.25, -0.2) is 4.79 Å². The molecule has 2 aromatic carbocycles. The summed E-state index contributed by atoms with van der Waals surface area (Å²) in [5, 5.41) is 0. The largest absolute Gasteiger partial charge is 0.493 e. The molecule has 1 aliphatic rings. The minimum atomic E-state index is -2.02. The normalized spacial score (nSPS) is 15.8. The van der Waals surface area contributed by atoms with Gasteiger partial charge in [-0.15, -0.1) is 0 Å². The molecule has 3 rings (SSSR count). The van der Waals surface area contributed by atoms with E-state index in [2.05, 4.69) is 41.5 Å². The molecule has 0 saturated heterocycles. The smallest absolute Gasteiger partial charge is 0.410 e. The lowest BCUT2D eigenvalue weighted by Gasteiger charge is -2.43. The van der Waals surface area contributed by atoms with Gasteiger partial charge in [-0.2, -0.15) is 0 Å². The summed E-state index contributed by atoms with van der Waals surface area (Å²) in [6.07, 6.45) is 1.13. The van der Waals surface area contributed by atoms with Crippen molar-refractivity contribution in [1.82, 2.24) is 4.90 Å². The third-order valence-electron chi connectivity index (χ3n) is 7.89. The van der Waals surface area contributed by atoms with Crippen LogP contribution in [-0.4, -0.2) is 46.7 Å². The predicted octanol–water partition coefficient (Wildman–Crippen LogP) is 7.52. The third kappa shape index (κ3) is 6.32. The molecule has 2 aromatic rings. The number of ether oxygens (including phenoxy) is 3. The highest BCUT2D eigenvalue weighted by Crippen LogP contribution is 2.44. The molecule has 0 N–H and O–H groups in total. The Labute approximate surface area is 224 Å². The Morgan fingerprint density at radius 3 is 2.11 bits per heavy atom. The zero-order chi connectivity index (χ0) is 27.2. The number of rotatable bonds is 11. The van der Waals surface area contributed by atoms with Crippen LogP contribution in [0.15, 0.2) is 42.5 Å². The fourth-order valence-corrected chi connectivity index (χ4v) is 11.7. The van der Waals surface area contributed by atoms with Crippen molar-refractivity contribution >= 4 is 14.4 Å². The van der Waals surface area contributed by atoms with Crippen molar-refractivity contribution in [3.05, 3.63) is 59.2 Å². The Kier molecular flexibility index (Phi) is 10.1. The first-order valence-corrected chi connectivity index (χ1v) is 15.7. The number of benzene rings is 2. The molecular formula is C30H45NO5Si. The van der Waals surface area contributed by atoms with Crippen molar-refractivity contribution in [1.29, 1.82) is 0 Å². The molecule has 7 heteroatoms. The molecule has 6 nitrogen and oxygen atoms in total. The maximum absolute atomic E-state index is 13.4. The van der Waals surface area contributed by atoms with Crippen LogP contribution in [0.1, 0.15) is 70.7 Å². The van der Waals surface area contributed by atoms with Gasteiger partial charge in [-0.3, -0.25) is 0 Å². The van der Waals surface area contributed by atoms with Crippen LogP contribution in [0.5, 0.6) is 11.5 Å². The van der Waals surface area contributed by atoms with E-state index in [1.165, 1.54) is 5.56 Å². The van der Waals surface area contributed by atoms with Crippen molar-refractivity contribution in [2.45, 2.75) is 83.7 Å². The van der Waals surface area contributed by atoms with Crippen LogP contribution in [0.2, 0.25) is 16.6 Å². The first-order chi connectivity index (χ1) is 17.6. The second-order valence-corrected chi connectivity index (χ2v) is 16.3. The number of methoxy groups -OCH3 is 2. The summed E-state index contributed by atoms with van der Waals surface area (Å²) in [6.45, 7) is 15.2. The monoisotopic (exact) mass is 527 g/mol. The molecule has 204 valence electrons. The minimum Gasteiger partial charge on any atom is -0.493 e. The van der Waals surface area contributed by atoms with Crippen molar-refractivity contribution in [3.63, 3.8) is 0 Å². The van der Waals surface area contributed by atoms with Gasteiger partial charge >= 0.3 is 6.09 Å². The van der Waals surface area contributed by atoms with E-state index in [4.69, 9.17) is 18.6 Å². The average molecular weight is 528 g/mol. The van der Waals surface area contributed by atoms with Crippen LogP contribution in [0.25, 0.3) is 0 Å². The van der Waals surface area contributed by atoms with Crippen LogP contribution >= 0.6 is 0 Å². The molecule has 0 unspecified atom stereocenters. The number of carbonyl (C=O) groups excluding carboxylic acids is 1. The van der Waals surface area contributed by atoms with E-state index in [-0.39, 0.29) is 18.7 Å². The number of amides is 1. The third-order valence-corrected chi connectivity index (χ3v) is 14.0. The molecule has 37 heavy (non-hydrogen) atoms. The zero-order valence-electron chi connectivity index (χ0n) is 23.9. The maximum atomic E-state index is 13.4. The molecule has 1 aliphatic heterocycles. The van der Waals surface area contributed by atoms with E-state index in [0.29, 0.717) is 47.7 Å². The standard InChI is InChI=1S/C30H45NO5Si/c1-21(2)37(22(3)4,23(5)6)36-17-15-27-26-19-29(34-8)28(33-7)18-25(26)14-16-31(27)30(32)35-20-24-12-10-9-11-13-24/h9-13,18-19,21-23,27H,14-17,20H2,1-8H3/t27-/m0/s1. The van der Waals surface area contributed by atoms with E-state index in [0.717, 1.165) is 17.5 Å². The van der Waals surface area contributed by atoms with Crippen LogP contribution in [0, 0.1) is 0 Å². The summed E-state index contributed by atoms with van der Waals surface area (Å²) < 4.78 is 23.8. The summed E-state index contributed by atoms with van der Waals surface area (Å²) in [4.78, 5) is 15.2. The molecule has 1 amide bonds. The van der Waals surface area contributed by atoms with Crippen LogP contribution in [0.4, 0.5) is 4.79 Å². The topological polar surface area (TPSA) is 57.2 Å². The Morgan fingerprint density at radius 1 is 0.946 bits per heavy atom. The molecule has 0 aliphatic carbocycles. The summed E-state index contributed by atoms with van der Waals surface area (Å²) in [7, 11) is 1.27. The van der Waals surface area contributed by atoms with Crippen molar-refractivity contribution < 1.29 is 23.4 Å². The highest BCUT2D eigenvalue weighted by Gasteiger charge is 2.45. The zero-order valence-corrected chi connectivity index (χ0v) is 24.9. The number of hydrogen-bond acceptors (Lipinski definition) is 5. The molecule has 1 heterocycles. The van der Waals surface area contributed by atoms with E-state index >= 15 is 0 Å². The van der Waals surface area contributed by atoms with Gasteiger partial charge in [0.2, 0.25) is 0 Å². The van der Waals surface area contributed by atoms with Crippen molar-refractivity contribution in [3.8, 4) is 11.5 Å². The second-order valence-electron chi connectivity index (χ2n) is 10.9. The quantitative estimate of drug-likeness (QED) is 0.283. The first-order valence-electron chi connectivity index (χ1n) is 13.5. The van der Waals surface area contributed by atoms with Crippen LogP contribution in [-0.2, 0) is 22.2 Å². The van der Waals surface area contributed by atoms with Gasteiger partial charge in [-0.05, 0) is 58.3 Å². The van der Waals surface area contributed by atoms with E-state index in [9.17, 15) is 4.79 Å². The summed E-state index contributed by atoms with van der Waals surface area (Å²) in [5.41, 5.74) is 4.73. The van der Waals surface area contributed by atoms with E-state index in [1.54, 1.807) is 14.2 Å². The van der Waals surface area contributed by atoms with Crippen LogP contribution in [0.3, 0.4) is 0 Å². The number of carbonyl (C=O) groups is 1. The molecule has 0 aromatic heterocycles. The first kappa shape index (κ1) is 29.0. The Hall–Kier alpha value is -2.51. The van der Waals surface area contributed by atoms with E-state index in [1.807, 2.05) is 47.4 Å². The fraction of sp³-hybridized carbons (Fsp3) is 0.567. The Bertz CT molecular complexity index is 1000. The fourth-order valence-electron chi connectivity index (χ4n) is 6.21. The molecule has 0 fully saturated rings. The SMILES string of the molecule is COc1cc2c(cc1OC)[C@H](CCO[Si](C(C)C)(C(C)C)C(C)C)N(C(=O)OCc1ccccc1)CC2. The average Bonchev–Trinajstić information content (AvgIpc) is 2.88. The van der Waals surface area contributed by atoms with Gasteiger partial charge in [0.05, 0.1) is 20.3 Å². The Balaban J connectivity index is 1.88. The summed E-state index contributed by atoms with van der Waals surface area (Å²) >= 11 is 0. The molecule has 0 bridgehead atoms. The van der Waals surface area contributed by atoms with Crippen molar-refractivity contribution in [2.24, 2.45) is 0 Å². The second kappa shape index (κ2) is 12.8. The number of hydrogen-bond donors (Lipinski definition) is 0. The lowest BCUT2D eigenvalue weighted by molar-refractivity contribution is 0.0707. The predicted molar refractivity (Wildman–Crippen MR) is 151 cm³/mol. The molecule has 1 atom stereocenters. The minimum absolute atomic E-state index is 0.162. The van der Waals surface area contributed by atoms with Gasteiger partial charge < -0.3 is 23.5 Å². The van der Waals surface area contributed by atoms with Gasteiger partial charge in [0, 0.05) is 13.2 Å². The molecular weight excluding hydrogens is 482 g/mol. The molecule has 0 spiro atoms. The van der Waals surface area contributed by atoms with E-state index < -0.39 is 8.32 Å². The van der Waals surface area contributed by atoms with Crippen molar-refractivity contribution in [2.75, 3.05) is 27.4 Å². The number of nitrogens with zero attached hydrogens (tertiary/aromatic N) is 1.